The van der Waals surface area contributed by atoms with Gasteiger partial charge in [-0.05, 0) is 45.2 Å². The lowest BCUT2D eigenvalue weighted by molar-refractivity contribution is -0.122. The van der Waals surface area contributed by atoms with Gasteiger partial charge in [-0.1, -0.05) is 0 Å². The predicted molar refractivity (Wildman–Crippen MR) is 75.9 cm³/mol. The highest BCUT2D eigenvalue weighted by Gasteiger charge is 2.28. The van der Waals surface area contributed by atoms with E-state index in [1.54, 1.807) is 0 Å². The van der Waals surface area contributed by atoms with Gasteiger partial charge in [-0.2, -0.15) is 0 Å². The summed E-state index contributed by atoms with van der Waals surface area (Å²) in [5.74, 6) is 0.538. The third-order valence-electron chi connectivity index (χ3n) is 3.37. The molecule has 100 valence electrons. The predicted octanol–water partition coefficient (Wildman–Crippen LogP) is 2.54. The lowest BCUT2D eigenvalue weighted by Crippen LogP contribution is -2.33. The molecule has 2 N–H and O–H groups in total. The monoisotopic (exact) mass is 266 g/mol. The van der Waals surface area contributed by atoms with E-state index >= 15 is 0 Å². The Bertz CT molecular complexity index is 423. The molecule has 0 saturated heterocycles. The van der Waals surface area contributed by atoms with Crippen molar-refractivity contribution in [1.82, 2.24) is 10.6 Å². The van der Waals surface area contributed by atoms with Crippen molar-refractivity contribution in [2.45, 2.75) is 39.7 Å². The maximum Gasteiger partial charge on any atom is 0.223 e. The van der Waals surface area contributed by atoms with E-state index < -0.39 is 0 Å². The van der Waals surface area contributed by atoms with E-state index in [-0.39, 0.29) is 5.91 Å². The molecule has 0 bridgehead atoms. The lowest BCUT2D eigenvalue weighted by atomic mass is 10.1. The van der Waals surface area contributed by atoms with Crippen LogP contribution in [0.5, 0.6) is 0 Å². The Morgan fingerprint density at radius 2 is 2.17 bits per heavy atom. The summed E-state index contributed by atoms with van der Waals surface area (Å²) in [6.45, 7) is 8.04. The van der Waals surface area contributed by atoms with Gasteiger partial charge >= 0.3 is 0 Å². The highest BCUT2D eigenvalue weighted by molar-refractivity contribution is 7.12. The molecule has 4 heteroatoms. The average Bonchev–Trinajstić information content (AvgIpc) is 3.10. The van der Waals surface area contributed by atoms with E-state index in [2.05, 4.69) is 37.5 Å². The van der Waals surface area contributed by atoms with E-state index in [0.29, 0.717) is 12.0 Å². The molecule has 0 aromatic carbocycles. The number of amides is 1. The van der Waals surface area contributed by atoms with Crippen molar-refractivity contribution in [2.24, 2.45) is 5.92 Å². The smallest absolute Gasteiger partial charge is 0.223 e. The van der Waals surface area contributed by atoms with Crippen LogP contribution in [0.3, 0.4) is 0 Å². The molecule has 0 aliphatic heterocycles. The van der Waals surface area contributed by atoms with Gasteiger partial charge in [0.25, 0.3) is 0 Å². The number of nitrogens with one attached hydrogen (secondary N) is 2. The SMILES string of the molecule is Cc1cc(C(C)NCCNC(=O)C2CC2)c(C)s1. The molecule has 1 unspecified atom stereocenters. The Labute approximate surface area is 113 Å². The molecule has 1 heterocycles. The summed E-state index contributed by atoms with van der Waals surface area (Å²) in [4.78, 5) is 14.2. The molecule has 1 aromatic heterocycles. The van der Waals surface area contributed by atoms with Gasteiger partial charge in [0.1, 0.15) is 0 Å². The third kappa shape index (κ3) is 3.56. The van der Waals surface area contributed by atoms with Crippen LogP contribution in [0.1, 0.15) is 41.1 Å². The van der Waals surface area contributed by atoms with Crippen LogP contribution in [0.2, 0.25) is 0 Å². The van der Waals surface area contributed by atoms with Gasteiger partial charge in [0.05, 0.1) is 0 Å². The maximum atomic E-state index is 11.4. The minimum absolute atomic E-state index is 0.229. The second kappa shape index (κ2) is 5.85. The first-order valence-corrected chi connectivity index (χ1v) is 7.47. The van der Waals surface area contributed by atoms with Gasteiger partial charge in [0, 0.05) is 34.8 Å². The van der Waals surface area contributed by atoms with Crippen LogP contribution in [0.15, 0.2) is 6.07 Å². The summed E-state index contributed by atoms with van der Waals surface area (Å²) in [6.07, 6.45) is 2.14. The van der Waals surface area contributed by atoms with Crippen molar-refractivity contribution in [3.05, 3.63) is 21.4 Å². The van der Waals surface area contributed by atoms with Crippen molar-refractivity contribution in [3.63, 3.8) is 0 Å². The first-order chi connectivity index (χ1) is 8.58. The Morgan fingerprint density at radius 1 is 1.44 bits per heavy atom. The Morgan fingerprint density at radius 3 is 2.72 bits per heavy atom. The summed E-state index contributed by atoms with van der Waals surface area (Å²) in [7, 11) is 0. The molecule has 1 aromatic rings. The summed E-state index contributed by atoms with van der Waals surface area (Å²) < 4.78 is 0. The first-order valence-electron chi connectivity index (χ1n) is 6.66. The number of rotatable bonds is 6. The highest BCUT2D eigenvalue weighted by Crippen LogP contribution is 2.28. The quantitative estimate of drug-likeness (QED) is 0.777. The fourth-order valence-electron chi connectivity index (χ4n) is 2.15. The van der Waals surface area contributed by atoms with Gasteiger partial charge in [-0.3, -0.25) is 4.79 Å². The highest BCUT2D eigenvalue weighted by atomic mass is 32.1. The van der Waals surface area contributed by atoms with Crippen molar-refractivity contribution in [3.8, 4) is 0 Å². The molecular weight excluding hydrogens is 244 g/mol. The van der Waals surface area contributed by atoms with Crippen molar-refractivity contribution >= 4 is 17.2 Å². The van der Waals surface area contributed by atoms with Crippen LogP contribution in [-0.2, 0) is 4.79 Å². The summed E-state index contributed by atoms with van der Waals surface area (Å²) in [6, 6.07) is 2.60. The number of carbonyl (C=O) groups excluding carboxylic acids is 1. The number of thiophene rings is 1. The van der Waals surface area contributed by atoms with Crippen molar-refractivity contribution in [2.75, 3.05) is 13.1 Å². The van der Waals surface area contributed by atoms with Gasteiger partial charge in [0.15, 0.2) is 0 Å². The van der Waals surface area contributed by atoms with E-state index in [4.69, 9.17) is 0 Å². The zero-order chi connectivity index (χ0) is 13.1. The molecule has 2 rings (SSSR count). The van der Waals surface area contributed by atoms with Crippen LogP contribution in [0, 0.1) is 19.8 Å². The molecule has 1 amide bonds. The number of aryl methyl sites for hydroxylation is 2. The standard InChI is InChI=1S/C14H22N2OS/c1-9-8-13(11(3)18-9)10(2)15-6-7-16-14(17)12-4-5-12/h8,10,12,15H,4-7H2,1-3H3,(H,16,17). The van der Waals surface area contributed by atoms with Crippen molar-refractivity contribution < 1.29 is 4.79 Å². The van der Waals surface area contributed by atoms with Crippen LogP contribution in [0.4, 0.5) is 0 Å². The van der Waals surface area contributed by atoms with Gasteiger partial charge in [-0.25, -0.2) is 0 Å². The normalized spacial score (nSPS) is 16.6. The second-order valence-corrected chi connectivity index (χ2v) is 6.57. The molecule has 0 spiro atoms. The third-order valence-corrected chi connectivity index (χ3v) is 4.35. The Kier molecular flexibility index (Phi) is 4.40. The maximum absolute atomic E-state index is 11.4. The molecular formula is C14H22N2OS. The molecule has 3 nitrogen and oxygen atoms in total. The van der Waals surface area contributed by atoms with Gasteiger partial charge < -0.3 is 10.6 Å². The fourth-order valence-corrected chi connectivity index (χ4v) is 3.18. The largest absolute Gasteiger partial charge is 0.355 e. The molecule has 1 atom stereocenters. The number of hydrogen-bond acceptors (Lipinski definition) is 3. The first kappa shape index (κ1) is 13.6. The van der Waals surface area contributed by atoms with Crippen LogP contribution in [-0.4, -0.2) is 19.0 Å². The van der Waals surface area contributed by atoms with Crippen molar-refractivity contribution in [1.29, 1.82) is 0 Å². The van der Waals surface area contributed by atoms with Gasteiger partial charge in [-0.15, -0.1) is 11.3 Å². The summed E-state index contributed by atoms with van der Waals surface area (Å²) in [5, 5.41) is 6.43. The van der Waals surface area contributed by atoms with Gasteiger partial charge in [0.2, 0.25) is 5.91 Å². The topological polar surface area (TPSA) is 41.1 Å². The Balaban J connectivity index is 1.69. The molecule has 1 saturated carbocycles. The Hall–Kier alpha value is -0.870. The molecule has 1 fully saturated rings. The van der Waals surface area contributed by atoms with E-state index in [9.17, 15) is 4.79 Å². The minimum atomic E-state index is 0.229. The van der Waals surface area contributed by atoms with Crippen LogP contribution >= 0.6 is 11.3 Å². The molecule has 18 heavy (non-hydrogen) atoms. The average molecular weight is 266 g/mol. The fraction of sp³-hybridized carbons (Fsp3) is 0.643. The summed E-state index contributed by atoms with van der Waals surface area (Å²) >= 11 is 1.84. The molecule has 1 aliphatic rings. The lowest BCUT2D eigenvalue weighted by Gasteiger charge is -2.14. The number of hydrogen-bond donors (Lipinski definition) is 2. The van der Waals surface area contributed by atoms with E-state index in [0.717, 1.165) is 25.9 Å². The summed E-state index contributed by atoms with van der Waals surface area (Å²) in [5.41, 5.74) is 1.38. The zero-order valence-electron chi connectivity index (χ0n) is 11.4. The number of carbonyl (C=O) groups is 1. The van der Waals surface area contributed by atoms with Crippen LogP contribution < -0.4 is 10.6 Å². The van der Waals surface area contributed by atoms with E-state index in [1.807, 2.05) is 11.3 Å². The molecule has 1 aliphatic carbocycles. The minimum Gasteiger partial charge on any atom is -0.355 e. The zero-order valence-corrected chi connectivity index (χ0v) is 12.2. The van der Waals surface area contributed by atoms with Crippen LogP contribution in [0.25, 0.3) is 0 Å². The second-order valence-electron chi connectivity index (χ2n) is 5.11. The van der Waals surface area contributed by atoms with E-state index in [1.165, 1.54) is 15.3 Å². The molecule has 0 radical (unpaired) electrons.